The van der Waals surface area contributed by atoms with Gasteiger partial charge in [-0.15, -0.1) is 0 Å². The van der Waals surface area contributed by atoms with Crippen molar-refractivity contribution in [3.8, 4) is 0 Å². The number of aromatic nitrogens is 1. The van der Waals surface area contributed by atoms with Gasteiger partial charge in [0.25, 0.3) is 0 Å². The van der Waals surface area contributed by atoms with E-state index in [0.29, 0.717) is 11.3 Å². The predicted octanol–water partition coefficient (Wildman–Crippen LogP) is 2.96. The normalized spacial score (nSPS) is 10.4. The minimum Gasteiger partial charge on any atom is -0.454 e. The Labute approximate surface area is 106 Å². The van der Waals surface area contributed by atoms with Gasteiger partial charge in [-0.2, -0.15) is 0 Å². The van der Waals surface area contributed by atoms with Gasteiger partial charge in [0, 0.05) is 6.07 Å². The summed E-state index contributed by atoms with van der Waals surface area (Å²) in [6, 6.07) is 7.44. The first kappa shape index (κ1) is 12.4. The van der Waals surface area contributed by atoms with Gasteiger partial charge in [-0.25, -0.2) is 4.79 Å². The molecule has 0 saturated heterocycles. The topological polar surface area (TPSA) is 52.3 Å². The van der Waals surface area contributed by atoms with E-state index in [9.17, 15) is 4.79 Å². The molecule has 1 heterocycles. The first-order valence-corrected chi connectivity index (χ1v) is 5.73. The Morgan fingerprint density at radius 3 is 2.72 bits per heavy atom. The number of hydrogen-bond acceptors (Lipinski definition) is 4. The molecule has 0 radical (unpaired) electrons. The number of nitrogens with zero attached hydrogens (tertiary/aromatic N) is 1. The molecule has 0 fully saturated rings. The van der Waals surface area contributed by atoms with E-state index >= 15 is 0 Å². The number of rotatable bonds is 3. The van der Waals surface area contributed by atoms with Gasteiger partial charge in [0.15, 0.2) is 12.4 Å². The molecular weight excluding hydrogens is 230 g/mol. The summed E-state index contributed by atoms with van der Waals surface area (Å²) in [4.78, 5) is 11.9. The lowest BCUT2D eigenvalue weighted by Crippen LogP contribution is -2.07. The SMILES string of the molecule is Cc1ccc(C)c(C(=O)OCc2cc(C)no2)c1. The van der Waals surface area contributed by atoms with Crippen LogP contribution in [0.4, 0.5) is 0 Å². The van der Waals surface area contributed by atoms with Crippen LogP contribution in [0.15, 0.2) is 28.8 Å². The van der Waals surface area contributed by atoms with Crippen LogP contribution in [0.2, 0.25) is 0 Å². The fourth-order valence-corrected chi connectivity index (χ4v) is 1.65. The number of ether oxygens (including phenoxy) is 1. The van der Waals surface area contributed by atoms with E-state index in [0.717, 1.165) is 16.8 Å². The first-order valence-electron chi connectivity index (χ1n) is 5.73. The maximum absolute atomic E-state index is 11.9. The second kappa shape index (κ2) is 5.04. The van der Waals surface area contributed by atoms with Crippen molar-refractivity contribution in [2.24, 2.45) is 0 Å². The summed E-state index contributed by atoms with van der Waals surface area (Å²) in [5.41, 5.74) is 3.29. The smallest absolute Gasteiger partial charge is 0.338 e. The molecule has 0 aliphatic heterocycles. The molecule has 0 unspecified atom stereocenters. The molecule has 4 heteroatoms. The van der Waals surface area contributed by atoms with E-state index in [1.807, 2.05) is 39.0 Å². The van der Waals surface area contributed by atoms with Gasteiger partial charge in [-0.3, -0.25) is 0 Å². The van der Waals surface area contributed by atoms with Crippen LogP contribution >= 0.6 is 0 Å². The third kappa shape index (κ3) is 2.77. The lowest BCUT2D eigenvalue weighted by Gasteiger charge is -2.06. The Morgan fingerprint density at radius 1 is 1.28 bits per heavy atom. The van der Waals surface area contributed by atoms with Crippen LogP contribution in [0, 0.1) is 20.8 Å². The van der Waals surface area contributed by atoms with Crippen LogP contribution in [-0.2, 0) is 11.3 Å². The molecular formula is C14H15NO3. The van der Waals surface area contributed by atoms with Crippen molar-refractivity contribution in [2.45, 2.75) is 27.4 Å². The van der Waals surface area contributed by atoms with Gasteiger partial charge in [-0.1, -0.05) is 22.9 Å². The first-order chi connectivity index (χ1) is 8.56. The second-order valence-corrected chi connectivity index (χ2v) is 4.33. The van der Waals surface area contributed by atoms with Crippen LogP contribution in [0.5, 0.6) is 0 Å². The van der Waals surface area contributed by atoms with Gasteiger partial charge in [0.1, 0.15) is 0 Å². The van der Waals surface area contributed by atoms with Gasteiger partial charge >= 0.3 is 5.97 Å². The number of hydrogen-bond donors (Lipinski definition) is 0. The standard InChI is InChI=1S/C14H15NO3/c1-9-4-5-10(2)13(6-9)14(16)17-8-12-7-11(3)15-18-12/h4-7H,8H2,1-3H3. The number of aryl methyl sites for hydroxylation is 3. The van der Waals surface area contributed by atoms with Gasteiger partial charge < -0.3 is 9.26 Å². The minimum absolute atomic E-state index is 0.104. The van der Waals surface area contributed by atoms with Crippen molar-refractivity contribution < 1.29 is 14.1 Å². The van der Waals surface area contributed by atoms with Gasteiger partial charge in [-0.05, 0) is 32.4 Å². The molecule has 0 atom stereocenters. The van der Waals surface area contributed by atoms with Crippen LogP contribution < -0.4 is 0 Å². The zero-order valence-electron chi connectivity index (χ0n) is 10.7. The number of benzene rings is 1. The molecule has 2 rings (SSSR count). The summed E-state index contributed by atoms with van der Waals surface area (Å²) in [6.07, 6.45) is 0. The van der Waals surface area contributed by atoms with E-state index in [1.54, 1.807) is 6.07 Å². The minimum atomic E-state index is -0.342. The molecule has 94 valence electrons. The summed E-state index contributed by atoms with van der Waals surface area (Å²) in [6.45, 7) is 5.75. The average molecular weight is 245 g/mol. The van der Waals surface area contributed by atoms with E-state index < -0.39 is 0 Å². The summed E-state index contributed by atoms with van der Waals surface area (Å²) >= 11 is 0. The Bertz CT molecular complexity index is 572. The highest BCUT2D eigenvalue weighted by atomic mass is 16.5. The fraction of sp³-hybridized carbons (Fsp3) is 0.286. The maximum atomic E-state index is 11.9. The third-order valence-corrected chi connectivity index (χ3v) is 2.64. The Morgan fingerprint density at radius 2 is 2.06 bits per heavy atom. The van der Waals surface area contributed by atoms with Crippen molar-refractivity contribution >= 4 is 5.97 Å². The van der Waals surface area contributed by atoms with Crippen molar-refractivity contribution in [1.82, 2.24) is 5.16 Å². The zero-order valence-corrected chi connectivity index (χ0v) is 10.7. The largest absolute Gasteiger partial charge is 0.454 e. The number of esters is 1. The molecule has 0 amide bonds. The van der Waals surface area contributed by atoms with E-state index in [-0.39, 0.29) is 12.6 Å². The van der Waals surface area contributed by atoms with E-state index in [2.05, 4.69) is 5.16 Å². The average Bonchev–Trinajstić information content (AvgIpc) is 2.75. The molecule has 0 spiro atoms. The number of carbonyl (C=O) groups is 1. The molecule has 0 aliphatic rings. The lowest BCUT2D eigenvalue weighted by molar-refractivity contribution is 0.0436. The summed E-state index contributed by atoms with van der Waals surface area (Å²) in [7, 11) is 0. The van der Waals surface area contributed by atoms with Crippen LogP contribution in [-0.4, -0.2) is 11.1 Å². The Balaban J connectivity index is 2.05. The molecule has 2 aromatic rings. The van der Waals surface area contributed by atoms with Gasteiger partial charge in [0.2, 0.25) is 0 Å². The molecule has 1 aromatic heterocycles. The molecule has 0 bridgehead atoms. The highest BCUT2D eigenvalue weighted by Crippen LogP contribution is 2.13. The lowest BCUT2D eigenvalue weighted by atomic mass is 10.1. The van der Waals surface area contributed by atoms with Crippen molar-refractivity contribution in [1.29, 1.82) is 0 Å². The van der Waals surface area contributed by atoms with Crippen LogP contribution in [0.3, 0.4) is 0 Å². The van der Waals surface area contributed by atoms with Crippen molar-refractivity contribution in [3.05, 3.63) is 52.4 Å². The van der Waals surface area contributed by atoms with E-state index in [4.69, 9.17) is 9.26 Å². The Kier molecular flexibility index (Phi) is 3.46. The Hall–Kier alpha value is -2.10. The number of carbonyl (C=O) groups excluding carboxylic acids is 1. The molecule has 1 aromatic carbocycles. The predicted molar refractivity (Wildman–Crippen MR) is 66.3 cm³/mol. The molecule has 0 aliphatic carbocycles. The monoisotopic (exact) mass is 245 g/mol. The van der Waals surface area contributed by atoms with Gasteiger partial charge in [0.05, 0.1) is 11.3 Å². The van der Waals surface area contributed by atoms with E-state index in [1.165, 1.54) is 0 Å². The summed E-state index contributed by atoms with van der Waals surface area (Å²) in [5, 5.41) is 3.73. The quantitative estimate of drug-likeness (QED) is 0.780. The van der Waals surface area contributed by atoms with Crippen LogP contribution in [0.1, 0.15) is 32.9 Å². The third-order valence-electron chi connectivity index (χ3n) is 2.64. The summed E-state index contributed by atoms with van der Waals surface area (Å²) in [5.74, 6) is 0.205. The second-order valence-electron chi connectivity index (χ2n) is 4.33. The van der Waals surface area contributed by atoms with Crippen LogP contribution in [0.25, 0.3) is 0 Å². The summed E-state index contributed by atoms with van der Waals surface area (Å²) < 4.78 is 10.2. The highest BCUT2D eigenvalue weighted by molar-refractivity contribution is 5.91. The fourth-order valence-electron chi connectivity index (χ4n) is 1.65. The van der Waals surface area contributed by atoms with Crippen molar-refractivity contribution in [2.75, 3.05) is 0 Å². The highest BCUT2D eigenvalue weighted by Gasteiger charge is 2.12. The zero-order chi connectivity index (χ0) is 13.1. The molecule has 4 nitrogen and oxygen atoms in total. The molecule has 0 saturated carbocycles. The van der Waals surface area contributed by atoms with Crippen molar-refractivity contribution in [3.63, 3.8) is 0 Å². The molecule has 0 N–H and O–H groups in total. The maximum Gasteiger partial charge on any atom is 0.338 e. The molecule has 18 heavy (non-hydrogen) atoms.